The molecule has 0 amide bonds. The van der Waals surface area contributed by atoms with E-state index in [9.17, 15) is 19.0 Å². The summed E-state index contributed by atoms with van der Waals surface area (Å²) in [5.41, 5.74) is 3.43. The number of halogens is 2. The largest absolute Gasteiger partial charge is 0.392 e. The Balaban J connectivity index is 1.79. The van der Waals surface area contributed by atoms with E-state index in [1.165, 1.54) is 0 Å². The van der Waals surface area contributed by atoms with Crippen LogP contribution in [0.3, 0.4) is 0 Å². The number of hydrogen-bond donors (Lipinski definition) is 2. The third-order valence-corrected chi connectivity index (χ3v) is 5.71. The molecule has 1 aromatic heterocycles. The first-order valence-corrected chi connectivity index (χ1v) is 9.78. The number of alkyl halides is 2. The second-order valence-corrected chi connectivity index (χ2v) is 7.90. The lowest BCUT2D eigenvalue weighted by Crippen LogP contribution is -2.36. The van der Waals surface area contributed by atoms with Crippen molar-refractivity contribution in [3.05, 3.63) is 71.4 Å². The number of benzene rings is 2. The molecule has 0 radical (unpaired) electrons. The Morgan fingerprint density at radius 2 is 1.59 bits per heavy atom. The van der Waals surface area contributed by atoms with Crippen LogP contribution in [0.1, 0.15) is 42.5 Å². The molecule has 29 heavy (non-hydrogen) atoms. The van der Waals surface area contributed by atoms with Crippen LogP contribution in [0.5, 0.6) is 0 Å². The van der Waals surface area contributed by atoms with Crippen molar-refractivity contribution in [1.82, 2.24) is 9.78 Å². The van der Waals surface area contributed by atoms with Gasteiger partial charge in [-0.15, -0.1) is 0 Å². The SMILES string of the molecule is Cc1ccc(-c2cc(C3(O)CCC(F)(F)CC3)nn2-c2ccc(CO)cc2)cc1. The molecule has 0 unspecified atom stereocenters. The molecule has 152 valence electrons. The molecular formula is C23H24F2N2O2. The van der Waals surface area contributed by atoms with Crippen LogP contribution < -0.4 is 0 Å². The molecule has 0 saturated heterocycles. The molecule has 0 aliphatic heterocycles. The summed E-state index contributed by atoms with van der Waals surface area (Å²) in [5, 5.41) is 25.0. The molecule has 1 fully saturated rings. The number of nitrogens with zero attached hydrogens (tertiary/aromatic N) is 2. The van der Waals surface area contributed by atoms with Crippen LogP contribution in [0, 0.1) is 6.92 Å². The number of rotatable bonds is 4. The summed E-state index contributed by atoms with van der Waals surface area (Å²) in [6.07, 6.45) is -0.732. The summed E-state index contributed by atoms with van der Waals surface area (Å²) in [4.78, 5) is 0. The van der Waals surface area contributed by atoms with Crippen molar-refractivity contribution >= 4 is 0 Å². The van der Waals surface area contributed by atoms with E-state index in [4.69, 9.17) is 0 Å². The highest BCUT2D eigenvalue weighted by molar-refractivity contribution is 5.63. The first-order valence-electron chi connectivity index (χ1n) is 9.78. The summed E-state index contributed by atoms with van der Waals surface area (Å²) in [6, 6.07) is 17.1. The van der Waals surface area contributed by atoms with E-state index in [2.05, 4.69) is 5.10 Å². The van der Waals surface area contributed by atoms with Crippen molar-refractivity contribution in [2.75, 3.05) is 0 Å². The van der Waals surface area contributed by atoms with Crippen molar-refractivity contribution in [3.63, 3.8) is 0 Å². The molecule has 1 aliphatic carbocycles. The van der Waals surface area contributed by atoms with Crippen LogP contribution >= 0.6 is 0 Å². The predicted octanol–water partition coefficient (Wildman–Crippen LogP) is 4.74. The van der Waals surface area contributed by atoms with E-state index in [-0.39, 0.29) is 32.3 Å². The molecule has 0 spiro atoms. The van der Waals surface area contributed by atoms with Crippen molar-refractivity contribution in [2.24, 2.45) is 0 Å². The quantitative estimate of drug-likeness (QED) is 0.668. The highest BCUT2D eigenvalue weighted by atomic mass is 19.3. The molecule has 2 N–H and O–H groups in total. The van der Waals surface area contributed by atoms with Gasteiger partial charge in [-0.2, -0.15) is 5.10 Å². The van der Waals surface area contributed by atoms with Gasteiger partial charge in [-0.1, -0.05) is 42.0 Å². The molecule has 0 bridgehead atoms. The zero-order valence-corrected chi connectivity index (χ0v) is 16.3. The van der Waals surface area contributed by atoms with Gasteiger partial charge in [-0.25, -0.2) is 13.5 Å². The van der Waals surface area contributed by atoms with Gasteiger partial charge in [0.1, 0.15) is 5.60 Å². The summed E-state index contributed by atoms with van der Waals surface area (Å²) in [7, 11) is 0. The van der Waals surface area contributed by atoms with Crippen LogP contribution in [0.4, 0.5) is 8.78 Å². The minimum Gasteiger partial charge on any atom is -0.392 e. The first kappa shape index (κ1) is 19.7. The van der Waals surface area contributed by atoms with Crippen LogP contribution in [0.25, 0.3) is 16.9 Å². The topological polar surface area (TPSA) is 58.3 Å². The summed E-state index contributed by atoms with van der Waals surface area (Å²) < 4.78 is 29.0. The standard InChI is InChI=1S/C23H24F2N2O2/c1-16-2-6-18(7-3-16)20-14-21(22(29)10-12-23(24,25)13-11-22)26-27(20)19-8-4-17(15-28)5-9-19/h2-9,14,28-29H,10-13,15H2,1H3. The molecule has 1 heterocycles. The Morgan fingerprint density at radius 1 is 0.966 bits per heavy atom. The van der Waals surface area contributed by atoms with Crippen LogP contribution in [0.2, 0.25) is 0 Å². The van der Waals surface area contributed by atoms with Gasteiger partial charge in [0.25, 0.3) is 0 Å². The highest BCUT2D eigenvalue weighted by Gasteiger charge is 2.44. The van der Waals surface area contributed by atoms with Crippen LogP contribution in [-0.4, -0.2) is 25.9 Å². The van der Waals surface area contributed by atoms with E-state index in [0.29, 0.717) is 5.69 Å². The van der Waals surface area contributed by atoms with E-state index in [1.54, 1.807) is 10.7 Å². The average Bonchev–Trinajstić information content (AvgIpc) is 3.17. The van der Waals surface area contributed by atoms with Gasteiger partial charge < -0.3 is 10.2 Å². The van der Waals surface area contributed by atoms with Gasteiger partial charge in [0.2, 0.25) is 5.92 Å². The van der Waals surface area contributed by atoms with Gasteiger partial charge in [0, 0.05) is 18.4 Å². The van der Waals surface area contributed by atoms with Crippen LogP contribution in [-0.2, 0) is 12.2 Å². The maximum Gasteiger partial charge on any atom is 0.248 e. The number of hydrogen-bond acceptors (Lipinski definition) is 3. The molecule has 2 aromatic carbocycles. The molecule has 4 rings (SSSR count). The van der Waals surface area contributed by atoms with E-state index in [1.807, 2.05) is 55.5 Å². The molecule has 1 saturated carbocycles. The molecule has 6 heteroatoms. The lowest BCUT2D eigenvalue weighted by molar-refractivity contribution is -0.108. The van der Waals surface area contributed by atoms with Crippen molar-refractivity contribution < 1.29 is 19.0 Å². The first-order chi connectivity index (χ1) is 13.8. The van der Waals surface area contributed by atoms with Crippen molar-refractivity contribution in [1.29, 1.82) is 0 Å². The predicted molar refractivity (Wildman–Crippen MR) is 107 cm³/mol. The fraction of sp³-hybridized carbons (Fsp3) is 0.348. The maximum atomic E-state index is 13.6. The number of aryl methyl sites for hydroxylation is 1. The summed E-state index contributed by atoms with van der Waals surface area (Å²) in [6.45, 7) is 1.95. The van der Waals surface area contributed by atoms with Crippen molar-refractivity contribution in [3.8, 4) is 16.9 Å². The molecular weight excluding hydrogens is 374 g/mol. The van der Waals surface area contributed by atoms with Gasteiger partial charge >= 0.3 is 0 Å². The summed E-state index contributed by atoms with van der Waals surface area (Å²) >= 11 is 0. The highest BCUT2D eigenvalue weighted by Crippen LogP contribution is 2.44. The Bertz CT molecular complexity index is 985. The van der Waals surface area contributed by atoms with E-state index >= 15 is 0 Å². The minimum atomic E-state index is -2.73. The monoisotopic (exact) mass is 398 g/mol. The normalized spacial score (nSPS) is 18.0. The maximum absolute atomic E-state index is 13.6. The molecule has 1 aliphatic rings. The fourth-order valence-corrected chi connectivity index (χ4v) is 3.76. The number of aliphatic hydroxyl groups is 2. The Labute approximate surface area is 168 Å². The third-order valence-electron chi connectivity index (χ3n) is 5.71. The van der Waals surface area contributed by atoms with Gasteiger partial charge in [-0.05, 0) is 43.5 Å². The van der Waals surface area contributed by atoms with E-state index < -0.39 is 11.5 Å². The summed E-state index contributed by atoms with van der Waals surface area (Å²) in [5.74, 6) is -2.73. The Kier molecular flexibility index (Phi) is 5.00. The number of aliphatic hydroxyl groups excluding tert-OH is 1. The minimum absolute atomic E-state index is 0.0200. The fourth-order valence-electron chi connectivity index (χ4n) is 3.76. The van der Waals surface area contributed by atoms with E-state index in [0.717, 1.165) is 28.1 Å². The van der Waals surface area contributed by atoms with Gasteiger partial charge in [0.05, 0.1) is 23.7 Å². The lowest BCUT2D eigenvalue weighted by atomic mass is 9.80. The second kappa shape index (κ2) is 7.35. The molecule has 0 atom stereocenters. The van der Waals surface area contributed by atoms with Gasteiger partial charge in [-0.3, -0.25) is 0 Å². The zero-order chi connectivity index (χ0) is 20.6. The van der Waals surface area contributed by atoms with Gasteiger partial charge in [0.15, 0.2) is 0 Å². The third kappa shape index (κ3) is 3.95. The molecule has 3 aromatic rings. The molecule has 4 nitrogen and oxygen atoms in total. The number of aromatic nitrogens is 2. The lowest BCUT2D eigenvalue weighted by Gasteiger charge is -2.34. The second-order valence-electron chi connectivity index (χ2n) is 7.90. The Morgan fingerprint density at radius 3 is 2.17 bits per heavy atom. The van der Waals surface area contributed by atoms with Crippen LogP contribution in [0.15, 0.2) is 54.6 Å². The Hall–Kier alpha value is -2.57. The smallest absolute Gasteiger partial charge is 0.248 e. The van der Waals surface area contributed by atoms with Crippen molar-refractivity contribution in [2.45, 2.75) is 50.7 Å². The zero-order valence-electron chi connectivity index (χ0n) is 16.3. The average molecular weight is 398 g/mol.